The van der Waals surface area contributed by atoms with Gasteiger partial charge in [0.25, 0.3) is 0 Å². The second kappa shape index (κ2) is 13.9. The highest BCUT2D eigenvalue weighted by atomic mass is 16.7. The van der Waals surface area contributed by atoms with Gasteiger partial charge in [-0.2, -0.15) is 0 Å². The molecule has 1 N–H and O–H groups in total. The Kier molecular flexibility index (Phi) is 11.7. The zero-order valence-corrected chi connectivity index (χ0v) is 25.9. The number of hydrogen-bond donors (Lipinski definition) is 1. The van der Waals surface area contributed by atoms with Crippen molar-refractivity contribution in [1.29, 1.82) is 0 Å². The third kappa shape index (κ3) is 7.83. The first-order chi connectivity index (χ1) is 18.7. The molecule has 1 amide bonds. The fourth-order valence-corrected chi connectivity index (χ4v) is 5.99. The molecular formula is C29H50N4O7. The molecule has 1 saturated heterocycles. The molecule has 2 heterocycles. The van der Waals surface area contributed by atoms with Crippen LogP contribution in [0.5, 0.6) is 0 Å². The van der Waals surface area contributed by atoms with E-state index in [1.165, 1.54) is 0 Å². The number of unbranched alkanes of at least 4 members (excludes halogenated alkanes) is 1. The summed E-state index contributed by atoms with van der Waals surface area (Å²) in [4.78, 5) is 29.8. The van der Waals surface area contributed by atoms with Gasteiger partial charge < -0.3 is 29.0 Å². The number of rotatable bonds is 16. The number of carbonyl (C=O) groups excluding carboxylic acids is 2. The summed E-state index contributed by atoms with van der Waals surface area (Å²) < 4.78 is 23.2. The number of cyclic esters (lactones) is 2. The van der Waals surface area contributed by atoms with Crippen LogP contribution < -0.4 is 0 Å². The quantitative estimate of drug-likeness (QED) is 0.0764. The molecule has 0 aliphatic carbocycles. The maximum Gasteiger partial charge on any atom is 0.410 e. The van der Waals surface area contributed by atoms with Gasteiger partial charge >= 0.3 is 12.1 Å². The van der Waals surface area contributed by atoms with Gasteiger partial charge in [0.2, 0.25) is 5.79 Å². The Hall–Kier alpha value is -2.49. The molecule has 11 nitrogen and oxygen atoms in total. The Morgan fingerprint density at radius 1 is 1.18 bits per heavy atom. The SMILES string of the molecule is CC[C@@H](O)[C@@]1(C)OC(=O)N(CCCCN=[N+]=[N-])[C@@H]1[C@@H](C)CCC[C@@](C)(OC)[C@H](C)CC1=C(C)C(=O)OC(C)(C)O1. The number of amides is 1. The van der Waals surface area contributed by atoms with Crippen molar-refractivity contribution in [1.82, 2.24) is 4.90 Å². The van der Waals surface area contributed by atoms with Crippen LogP contribution in [0.15, 0.2) is 16.4 Å². The van der Waals surface area contributed by atoms with Crippen molar-refractivity contribution in [2.75, 3.05) is 20.2 Å². The van der Waals surface area contributed by atoms with Crippen LogP contribution in [-0.4, -0.2) is 71.4 Å². The number of ether oxygens (including phenoxy) is 4. The molecule has 6 atom stereocenters. The van der Waals surface area contributed by atoms with E-state index in [0.717, 1.165) is 19.3 Å². The van der Waals surface area contributed by atoms with E-state index in [9.17, 15) is 14.7 Å². The van der Waals surface area contributed by atoms with Gasteiger partial charge in [-0.15, -0.1) is 0 Å². The Labute approximate surface area is 239 Å². The normalized spacial score (nSPS) is 26.2. The van der Waals surface area contributed by atoms with Crippen LogP contribution >= 0.6 is 0 Å². The molecule has 40 heavy (non-hydrogen) atoms. The van der Waals surface area contributed by atoms with Gasteiger partial charge in [-0.05, 0) is 70.2 Å². The van der Waals surface area contributed by atoms with Gasteiger partial charge in [0.15, 0.2) is 5.60 Å². The third-order valence-corrected chi connectivity index (χ3v) is 8.79. The van der Waals surface area contributed by atoms with E-state index in [1.807, 2.05) is 13.8 Å². The number of esters is 1. The Balaban J connectivity index is 2.11. The fourth-order valence-electron chi connectivity index (χ4n) is 5.99. The van der Waals surface area contributed by atoms with Crippen molar-refractivity contribution in [3.8, 4) is 0 Å². The molecule has 0 spiro atoms. The molecule has 0 aromatic carbocycles. The highest BCUT2D eigenvalue weighted by molar-refractivity contribution is 5.89. The second-order valence-corrected chi connectivity index (χ2v) is 12.2. The van der Waals surface area contributed by atoms with E-state index in [-0.39, 0.29) is 23.8 Å². The minimum Gasteiger partial charge on any atom is -0.457 e. The molecule has 228 valence electrons. The summed E-state index contributed by atoms with van der Waals surface area (Å²) in [5.41, 5.74) is 7.51. The number of methoxy groups -OCH3 is 1. The molecule has 0 saturated carbocycles. The van der Waals surface area contributed by atoms with E-state index in [0.29, 0.717) is 50.1 Å². The van der Waals surface area contributed by atoms with Crippen molar-refractivity contribution < 1.29 is 33.6 Å². The molecule has 2 aliphatic rings. The summed E-state index contributed by atoms with van der Waals surface area (Å²) in [5, 5.41) is 14.5. The Morgan fingerprint density at radius 2 is 1.85 bits per heavy atom. The number of azide groups is 1. The first-order valence-electron chi connectivity index (χ1n) is 14.5. The lowest BCUT2D eigenvalue weighted by molar-refractivity contribution is -0.209. The first-order valence-corrected chi connectivity index (χ1v) is 14.5. The van der Waals surface area contributed by atoms with Crippen LogP contribution in [0.1, 0.15) is 100 Å². The number of carbonyl (C=O) groups is 2. The largest absolute Gasteiger partial charge is 0.457 e. The average Bonchev–Trinajstić information content (AvgIpc) is 3.15. The van der Waals surface area contributed by atoms with Gasteiger partial charge in [-0.3, -0.25) is 0 Å². The van der Waals surface area contributed by atoms with Crippen molar-refractivity contribution in [2.24, 2.45) is 17.0 Å². The number of aliphatic hydroxyl groups excluding tert-OH is 1. The maximum atomic E-state index is 12.9. The number of nitrogens with zero attached hydrogens (tertiary/aromatic N) is 4. The average molecular weight is 567 g/mol. The summed E-state index contributed by atoms with van der Waals surface area (Å²) in [5.74, 6) is -0.633. The molecule has 0 aromatic heterocycles. The highest BCUT2D eigenvalue weighted by Gasteiger charge is 2.56. The first kappa shape index (κ1) is 33.7. The standard InChI is InChI=1S/C29H50N4O7/c1-10-23(34)29(8)24(33(26(36)40-29)17-12-11-16-31-32-30)19(2)14-13-15-28(7,37-9)20(3)18-22-21(4)25(35)39-27(5,6)38-22/h19-20,23-24,34H,10-18H2,1-9H3/t19-,20+,23+,24+,28+,29+/m0/s1. The summed E-state index contributed by atoms with van der Waals surface area (Å²) in [6.45, 7) is 16.0. The lowest BCUT2D eigenvalue weighted by Crippen LogP contribution is -2.54. The maximum absolute atomic E-state index is 12.9. The molecular weight excluding hydrogens is 516 g/mol. The van der Waals surface area contributed by atoms with Crippen LogP contribution in [0, 0.1) is 11.8 Å². The van der Waals surface area contributed by atoms with Gasteiger partial charge in [-0.25, -0.2) is 9.59 Å². The topological polar surface area (TPSA) is 143 Å². The van der Waals surface area contributed by atoms with Gasteiger partial charge in [-0.1, -0.05) is 32.3 Å². The number of aliphatic hydroxyl groups is 1. The summed E-state index contributed by atoms with van der Waals surface area (Å²) in [6, 6.07) is -0.294. The molecule has 0 unspecified atom stereocenters. The lowest BCUT2D eigenvalue weighted by atomic mass is 9.77. The van der Waals surface area contributed by atoms with Crippen LogP contribution in [0.2, 0.25) is 0 Å². The van der Waals surface area contributed by atoms with Crippen molar-refractivity contribution in [3.63, 3.8) is 0 Å². The molecule has 0 radical (unpaired) electrons. The van der Waals surface area contributed by atoms with Gasteiger partial charge in [0.1, 0.15) is 5.76 Å². The smallest absolute Gasteiger partial charge is 0.410 e. The predicted molar refractivity (Wildman–Crippen MR) is 151 cm³/mol. The van der Waals surface area contributed by atoms with Crippen molar-refractivity contribution in [3.05, 3.63) is 21.8 Å². The van der Waals surface area contributed by atoms with Crippen LogP contribution in [-0.2, 0) is 23.7 Å². The minimum atomic E-state index is -1.02. The van der Waals surface area contributed by atoms with Gasteiger partial charge in [0.05, 0.1) is 23.3 Å². The lowest BCUT2D eigenvalue weighted by Gasteiger charge is -2.40. The van der Waals surface area contributed by atoms with E-state index in [4.69, 9.17) is 24.5 Å². The second-order valence-electron chi connectivity index (χ2n) is 12.2. The van der Waals surface area contributed by atoms with E-state index >= 15 is 0 Å². The molecule has 2 aliphatic heterocycles. The number of allylic oxidation sites excluding steroid dienone is 1. The third-order valence-electron chi connectivity index (χ3n) is 8.79. The molecule has 11 heteroatoms. The molecule has 0 bridgehead atoms. The molecule has 2 rings (SSSR count). The van der Waals surface area contributed by atoms with E-state index < -0.39 is 29.2 Å². The fraction of sp³-hybridized carbons (Fsp3) is 0.862. The zero-order valence-electron chi connectivity index (χ0n) is 25.9. The minimum absolute atomic E-state index is 0.0494. The number of hydrogen-bond acceptors (Lipinski definition) is 8. The molecule has 1 fully saturated rings. The summed E-state index contributed by atoms with van der Waals surface area (Å²) >= 11 is 0. The Morgan fingerprint density at radius 3 is 2.45 bits per heavy atom. The predicted octanol–water partition coefficient (Wildman–Crippen LogP) is 6.25. The molecule has 0 aromatic rings. The van der Waals surface area contributed by atoms with Crippen molar-refractivity contribution >= 4 is 12.1 Å². The van der Waals surface area contributed by atoms with Crippen molar-refractivity contribution in [2.45, 2.75) is 129 Å². The zero-order chi connectivity index (χ0) is 30.3. The van der Waals surface area contributed by atoms with E-state index in [2.05, 4.69) is 30.8 Å². The van der Waals surface area contributed by atoms with Gasteiger partial charge in [0, 0.05) is 45.4 Å². The van der Waals surface area contributed by atoms with Crippen LogP contribution in [0.25, 0.3) is 10.4 Å². The van der Waals surface area contributed by atoms with Crippen LogP contribution in [0.4, 0.5) is 4.79 Å². The highest BCUT2D eigenvalue weighted by Crippen LogP contribution is 2.41. The Bertz CT molecular complexity index is 979. The van der Waals surface area contributed by atoms with E-state index in [1.54, 1.807) is 32.8 Å². The van der Waals surface area contributed by atoms with Crippen LogP contribution in [0.3, 0.4) is 0 Å². The summed E-state index contributed by atoms with van der Waals surface area (Å²) in [7, 11) is 1.71. The summed E-state index contributed by atoms with van der Waals surface area (Å²) in [6.07, 6.45) is 3.54. The monoisotopic (exact) mass is 566 g/mol.